The van der Waals surface area contributed by atoms with Crippen LogP contribution in [0.4, 0.5) is 0 Å². The Balaban J connectivity index is 1.98. The van der Waals surface area contributed by atoms with Crippen molar-refractivity contribution in [2.45, 2.75) is 39.7 Å². The van der Waals surface area contributed by atoms with Crippen LogP contribution in [0, 0.1) is 6.92 Å². The van der Waals surface area contributed by atoms with Crippen molar-refractivity contribution in [1.82, 2.24) is 5.32 Å². The molecule has 0 spiro atoms. The zero-order valence-corrected chi connectivity index (χ0v) is 17.0. The van der Waals surface area contributed by atoms with E-state index in [0.717, 1.165) is 11.1 Å². The molecule has 0 unspecified atom stereocenters. The lowest BCUT2D eigenvalue weighted by atomic mass is 9.98. The van der Waals surface area contributed by atoms with Gasteiger partial charge in [0, 0.05) is 5.56 Å². The number of rotatable bonds is 8. The average molecular weight is 371 g/mol. The predicted molar refractivity (Wildman–Crippen MR) is 107 cm³/mol. The third kappa shape index (κ3) is 5.39. The van der Waals surface area contributed by atoms with E-state index in [1.807, 2.05) is 37.3 Å². The van der Waals surface area contributed by atoms with Crippen molar-refractivity contribution in [3.8, 4) is 17.2 Å². The molecule has 5 nitrogen and oxygen atoms in total. The molecule has 1 atom stereocenters. The first-order valence-corrected chi connectivity index (χ1v) is 9.10. The van der Waals surface area contributed by atoms with Crippen molar-refractivity contribution in [1.29, 1.82) is 0 Å². The lowest BCUT2D eigenvalue weighted by Gasteiger charge is -2.18. The summed E-state index contributed by atoms with van der Waals surface area (Å²) < 4.78 is 16.3. The van der Waals surface area contributed by atoms with Crippen LogP contribution in [0.25, 0.3) is 0 Å². The summed E-state index contributed by atoms with van der Waals surface area (Å²) in [6.07, 6.45) is 0. The summed E-state index contributed by atoms with van der Waals surface area (Å²) in [6.45, 7) is 8.22. The van der Waals surface area contributed by atoms with Crippen LogP contribution in [0.2, 0.25) is 0 Å². The van der Waals surface area contributed by atoms with E-state index in [0.29, 0.717) is 23.2 Å². The van der Waals surface area contributed by atoms with E-state index >= 15 is 0 Å². The Morgan fingerprint density at radius 1 is 0.963 bits per heavy atom. The summed E-state index contributed by atoms with van der Waals surface area (Å²) in [5.41, 5.74) is 3.30. The van der Waals surface area contributed by atoms with Gasteiger partial charge in [0.25, 0.3) is 5.91 Å². The Kier molecular flexibility index (Phi) is 7.11. The van der Waals surface area contributed by atoms with Crippen molar-refractivity contribution in [2.75, 3.05) is 20.8 Å². The number of nitrogens with one attached hydrogen (secondary N) is 1. The highest BCUT2D eigenvalue weighted by molar-refractivity contribution is 5.78. The Labute approximate surface area is 161 Å². The van der Waals surface area contributed by atoms with E-state index in [1.54, 1.807) is 14.2 Å². The van der Waals surface area contributed by atoms with Crippen LogP contribution in [0.3, 0.4) is 0 Å². The minimum Gasteiger partial charge on any atom is -0.497 e. The van der Waals surface area contributed by atoms with Gasteiger partial charge in [0.2, 0.25) is 0 Å². The molecule has 2 aromatic rings. The Morgan fingerprint density at radius 3 is 2.26 bits per heavy atom. The normalized spacial score (nSPS) is 11.8. The molecule has 0 radical (unpaired) electrons. The predicted octanol–water partition coefficient (Wildman–Crippen LogP) is 4.39. The zero-order valence-electron chi connectivity index (χ0n) is 17.0. The van der Waals surface area contributed by atoms with Crippen LogP contribution in [-0.2, 0) is 4.79 Å². The summed E-state index contributed by atoms with van der Waals surface area (Å²) >= 11 is 0. The summed E-state index contributed by atoms with van der Waals surface area (Å²) in [5.74, 6) is 2.37. The number of ether oxygens (including phenoxy) is 3. The molecular formula is C22H29NO4. The monoisotopic (exact) mass is 371 g/mol. The van der Waals surface area contributed by atoms with Crippen molar-refractivity contribution in [3.63, 3.8) is 0 Å². The molecule has 0 fully saturated rings. The molecule has 0 heterocycles. The maximum Gasteiger partial charge on any atom is 0.258 e. The maximum atomic E-state index is 12.3. The number of benzene rings is 2. The number of methoxy groups -OCH3 is 2. The van der Waals surface area contributed by atoms with Gasteiger partial charge in [0.1, 0.15) is 17.2 Å². The van der Waals surface area contributed by atoms with Gasteiger partial charge in [-0.3, -0.25) is 4.79 Å². The van der Waals surface area contributed by atoms with Crippen LogP contribution in [0.1, 0.15) is 49.4 Å². The molecule has 0 saturated heterocycles. The molecule has 27 heavy (non-hydrogen) atoms. The lowest BCUT2D eigenvalue weighted by Crippen LogP contribution is -2.31. The van der Waals surface area contributed by atoms with Gasteiger partial charge >= 0.3 is 0 Å². The zero-order chi connectivity index (χ0) is 20.0. The molecule has 0 saturated carbocycles. The van der Waals surface area contributed by atoms with Gasteiger partial charge in [0.15, 0.2) is 6.61 Å². The Bertz CT molecular complexity index is 786. The third-order valence-corrected chi connectivity index (χ3v) is 4.51. The highest BCUT2D eigenvalue weighted by Gasteiger charge is 2.16. The van der Waals surface area contributed by atoms with Gasteiger partial charge in [-0.2, -0.15) is 0 Å². The minimum atomic E-state index is -0.240. The summed E-state index contributed by atoms with van der Waals surface area (Å²) in [4.78, 5) is 12.3. The average Bonchev–Trinajstić information content (AvgIpc) is 2.65. The summed E-state index contributed by atoms with van der Waals surface area (Å²) in [7, 11) is 3.21. The van der Waals surface area contributed by atoms with E-state index in [2.05, 4.69) is 32.2 Å². The van der Waals surface area contributed by atoms with Crippen LogP contribution >= 0.6 is 0 Å². The number of aryl methyl sites for hydroxylation is 1. The SMILES string of the molecule is COc1ccc(OC)c([C@@H](C)NC(=O)COc2ccc(C(C)C)c(C)c2)c1. The highest BCUT2D eigenvalue weighted by atomic mass is 16.5. The molecule has 2 rings (SSSR count). The molecule has 0 aliphatic carbocycles. The fourth-order valence-corrected chi connectivity index (χ4v) is 3.07. The van der Waals surface area contributed by atoms with Crippen molar-refractivity contribution in [2.24, 2.45) is 0 Å². The first-order chi connectivity index (χ1) is 12.8. The summed E-state index contributed by atoms with van der Waals surface area (Å²) in [6, 6.07) is 11.2. The molecule has 0 aromatic heterocycles. The lowest BCUT2D eigenvalue weighted by molar-refractivity contribution is -0.123. The molecule has 146 valence electrons. The van der Waals surface area contributed by atoms with E-state index in [9.17, 15) is 4.79 Å². The van der Waals surface area contributed by atoms with E-state index in [1.165, 1.54) is 5.56 Å². The molecular weight excluding hydrogens is 342 g/mol. The van der Waals surface area contributed by atoms with Crippen molar-refractivity contribution < 1.29 is 19.0 Å². The van der Waals surface area contributed by atoms with Crippen LogP contribution in [0.15, 0.2) is 36.4 Å². The van der Waals surface area contributed by atoms with Crippen LogP contribution < -0.4 is 19.5 Å². The van der Waals surface area contributed by atoms with Gasteiger partial charge in [-0.05, 0) is 61.2 Å². The van der Waals surface area contributed by atoms with Crippen molar-refractivity contribution >= 4 is 5.91 Å². The van der Waals surface area contributed by atoms with Gasteiger partial charge in [-0.25, -0.2) is 0 Å². The van der Waals surface area contributed by atoms with E-state index in [4.69, 9.17) is 14.2 Å². The minimum absolute atomic E-state index is 0.0446. The fraction of sp³-hybridized carbons (Fsp3) is 0.409. The first-order valence-electron chi connectivity index (χ1n) is 9.10. The van der Waals surface area contributed by atoms with E-state index in [-0.39, 0.29) is 18.6 Å². The van der Waals surface area contributed by atoms with E-state index < -0.39 is 0 Å². The quantitative estimate of drug-likeness (QED) is 0.748. The first kappa shape index (κ1) is 20.6. The Morgan fingerprint density at radius 2 is 1.67 bits per heavy atom. The van der Waals surface area contributed by atoms with Gasteiger partial charge in [-0.1, -0.05) is 19.9 Å². The smallest absolute Gasteiger partial charge is 0.258 e. The van der Waals surface area contributed by atoms with Crippen LogP contribution in [-0.4, -0.2) is 26.7 Å². The van der Waals surface area contributed by atoms with Gasteiger partial charge in [0.05, 0.1) is 20.3 Å². The standard InChI is InChI=1S/C22H29NO4/c1-14(2)19-9-7-18(11-15(19)3)27-13-22(24)23-16(4)20-12-17(25-5)8-10-21(20)26-6/h7-12,14,16H,13H2,1-6H3,(H,23,24)/t16-/m1/s1. The molecule has 0 aliphatic rings. The molecule has 0 bridgehead atoms. The fourth-order valence-electron chi connectivity index (χ4n) is 3.07. The molecule has 2 aromatic carbocycles. The second-order valence-electron chi connectivity index (χ2n) is 6.86. The van der Waals surface area contributed by atoms with Gasteiger partial charge < -0.3 is 19.5 Å². The largest absolute Gasteiger partial charge is 0.497 e. The third-order valence-electron chi connectivity index (χ3n) is 4.51. The number of carbonyl (C=O) groups is 1. The topological polar surface area (TPSA) is 56.8 Å². The number of carbonyl (C=O) groups excluding carboxylic acids is 1. The molecule has 1 N–H and O–H groups in total. The maximum absolute atomic E-state index is 12.3. The van der Waals surface area contributed by atoms with Crippen molar-refractivity contribution in [3.05, 3.63) is 53.1 Å². The van der Waals surface area contributed by atoms with Crippen LogP contribution in [0.5, 0.6) is 17.2 Å². The second kappa shape index (κ2) is 9.31. The molecule has 0 aliphatic heterocycles. The number of hydrogen-bond acceptors (Lipinski definition) is 4. The molecule has 1 amide bonds. The number of hydrogen-bond donors (Lipinski definition) is 1. The molecule has 5 heteroatoms. The highest BCUT2D eigenvalue weighted by Crippen LogP contribution is 2.29. The second-order valence-corrected chi connectivity index (χ2v) is 6.86. The number of amides is 1. The Hall–Kier alpha value is -2.69. The summed E-state index contributed by atoms with van der Waals surface area (Å²) in [5, 5.41) is 2.94. The van der Waals surface area contributed by atoms with Gasteiger partial charge in [-0.15, -0.1) is 0 Å².